The fourth-order valence-corrected chi connectivity index (χ4v) is 1.69. The molecule has 0 saturated carbocycles. The molecule has 0 spiro atoms. The largest absolute Gasteiger partial charge is 0.481 e. The highest BCUT2D eigenvalue weighted by atomic mass is 16.5. The molecule has 0 aliphatic carbocycles. The maximum absolute atomic E-state index is 11.9. The average Bonchev–Trinajstić information content (AvgIpc) is 2.41. The van der Waals surface area contributed by atoms with Gasteiger partial charge < -0.3 is 20.1 Å². The van der Waals surface area contributed by atoms with Gasteiger partial charge in [0.2, 0.25) is 0 Å². The maximum Gasteiger partial charge on any atom is 0.317 e. The summed E-state index contributed by atoms with van der Waals surface area (Å²) in [4.78, 5) is 23.8. The summed E-state index contributed by atoms with van der Waals surface area (Å²) in [7, 11) is 1.60. The summed E-state index contributed by atoms with van der Waals surface area (Å²) in [6.45, 7) is 5.75. The van der Waals surface area contributed by atoms with Crippen LogP contribution in [0.4, 0.5) is 4.79 Å². The van der Waals surface area contributed by atoms with Crippen LogP contribution in [-0.4, -0.2) is 55.4 Å². The molecule has 0 fully saturated rings. The van der Waals surface area contributed by atoms with E-state index < -0.39 is 5.97 Å². The number of hydrogen-bond donors (Lipinski definition) is 2. The summed E-state index contributed by atoms with van der Waals surface area (Å²) in [6, 6.07) is -0.118. The molecule has 0 aliphatic heterocycles. The Morgan fingerprint density at radius 2 is 2.00 bits per heavy atom. The van der Waals surface area contributed by atoms with Gasteiger partial charge in [-0.2, -0.15) is 0 Å². The second-order valence-corrected chi connectivity index (χ2v) is 4.52. The SMILES string of the molecule is C=CCN(CCOC)C(=O)NCCCCCCC(=O)O. The molecule has 0 aliphatic rings. The minimum absolute atomic E-state index is 0.118. The first-order valence-corrected chi connectivity index (χ1v) is 6.96. The monoisotopic (exact) mass is 286 g/mol. The van der Waals surface area contributed by atoms with Crippen molar-refractivity contribution >= 4 is 12.0 Å². The zero-order valence-electron chi connectivity index (χ0n) is 12.3. The Bertz CT molecular complexity index is 295. The van der Waals surface area contributed by atoms with Gasteiger partial charge in [-0.25, -0.2) is 4.79 Å². The van der Waals surface area contributed by atoms with Gasteiger partial charge in [0.05, 0.1) is 6.61 Å². The molecule has 0 rings (SSSR count). The van der Waals surface area contributed by atoms with Crippen molar-refractivity contribution in [3.63, 3.8) is 0 Å². The van der Waals surface area contributed by atoms with Crippen LogP contribution < -0.4 is 5.32 Å². The molecule has 0 atom stereocenters. The van der Waals surface area contributed by atoms with Crippen LogP contribution in [0.2, 0.25) is 0 Å². The molecule has 6 nitrogen and oxygen atoms in total. The zero-order chi connectivity index (χ0) is 15.2. The normalized spacial score (nSPS) is 10.1. The number of carboxylic acid groups (broad SMARTS) is 1. The average molecular weight is 286 g/mol. The first kappa shape index (κ1) is 18.4. The Kier molecular flexibility index (Phi) is 11.5. The molecule has 0 bridgehead atoms. The smallest absolute Gasteiger partial charge is 0.317 e. The van der Waals surface area contributed by atoms with Crippen molar-refractivity contribution in [3.8, 4) is 0 Å². The second-order valence-electron chi connectivity index (χ2n) is 4.52. The minimum Gasteiger partial charge on any atom is -0.481 e. The van der Waals surface area contributed by atoms with Crippen LogP contribution in [0.3, 0.4) is 0 Å². The van der Waals surface area contributed by atoms with Crippen molar-refractivity contribution in [3.05, 3.63) is 12.7 Å². The number of ether oxygens (including phenoxy) is 1. The number of carboxylic acids is 1. The lowest BCUT2D eigenvalue weighted by atomic mass is 10.1. The molecule has 20 heavy (non-hydrogen) atoms. The van der Waals surface area contributed by atoms with Gasteiger partial charge in [-0.3, -0.25) is 4.79 Å². The lowest BCUT2D eigenvalue weighted by Gasteiger charge is -2.21. The number of hydrogen-bond acceptors (Lipinski definition) is 3. The van der Waals surface area contributed by atoms with E-state index in [1.165, 1.54) is 0 Å². The highest BCUT2D eigenvalue weighted by Crippen LogP contribution is 2.02. The number of carbonyl (C=O) groups is 2. The summed E-state index contributed by atoms with van der Waals surface area (Å²) in [5.74, 6) is -0.753. The van der Waals surface area contributed by atoms with Crippen LogP contribution in [-0.2, 0) is 9.53 Å². The summed E-state index contributed by atoms with van der Waals surface area (Å²) >= 11 is 0. The van der Waals surface area contributed by atoms with Crippen LogP contribution in [0.25, 0.3) is 0 Å². The van der Waals surface area contributed by atoms with Gasteiger partial charge in [-0.05, 0) is 12.8 Å². The number of unbranched alkanes of at least 4 members (excludes halogenated alkanes) is 3. The topological polar surface area (TPSA) is 78.9 Å². The standard InChI is InChI=1S/C14H26N2O4/c1-3-10-16(11-12-20-2)14(19)15-9-7-5-4-6-8-13(17)18/h3H,1,4-12H2,2H3,(H,15,19)(H,17,18). The maximum atomic E-state index is 11.9. The Hall–Kier alpha value is -1.56. The van der Waals surface area contributed by atoms with E-state index >= 15 is 0 Å². The first-order chi connectivity index (χ1) is 9.61. The highest BCUT2D eigenvalue weighted by Gasteiger charge is 2.10. The van der Waals surface area contributed by atoms with Gasteiger partial charge >= 0.3 is 12.0 Å². The van der Waals surface area contributed by atoms with Crippen molar-refractivity contribution in [2.75, 3.05) is 33.4 Å². The van der Waals surface area contributed by atoms with Crippen molar-refractivity contribution in [1.82, 2.24) is 10.2 Å². The van der Waals surface area contributed by atoms with E-state index in [1.807, 2.05) is 0 Å². The van der Waals surface area contributed by atoms with Crippen molar-refractivity contribution < 1.29 is 19.4 Å². The van der Waals surface area contributed by atoms with E-state index in [9.17, 15) is 9.59 Å². The molecule has 0 aromatic carbocycles. The third-order valence-corrected chi connectivity index (χ3v) is 2.80. The number of nitrogens with one attached hydrogen (secondary N) is 1. The zero-order valence-corrected chi connectivity index (χ0v) is 12.3. The third kappa shape index (κ3) is 10.4. The van der Waals surface area contributed by atoms with E-state index in [2.05, 4.69) is 11.9 Å². The summed E-state index contributed by atoms with van der Waals surface area (Å²) in [5.41, 5.74) is 0. The Labute approximate surface area is 120 Å². The first-order valence-electron chi connectivity index (χ1n) is 6.96. The van der Waals surface area contributed by atoms with E-state index in [1.54, 1.807) is 18.1 Å². The molecule has 116 valence electrons. The van der Waals surface area contributed by atoms with Crippen molar-refractivity contribution in [2.45, 2.75) is 32.1 Å². The molecule has 2 N–H and O–H groups in total. The second kappa shape index (κ2) is 12.5. The number of urea groups is 1. The van der Waals surface area contributed by atoms with Gasteiger partial charge in [0.1, 0.15) is 0 Å². The van der Waals surface area contributed by atoms with Crippen LogP contribution >= 0.6 is 0 Å². The molecule has 0 aromatic heterocycles. The molecule has 2 amide bonds. The van der Waals surface area contributed by atoms with Gasteiger partial charge in [0, 0.05) is 33.2 Å². The number of nitrogens with zero attached hydrogens (tertiary/aromatic N) is 1. The van der Waals surface area contributed by atoms with Gasteiger partial charge in [0.15, 0.2) is 0 Å². The van der Waals surface area contributed by atoms with Crippen LogP contribution in [0, 0.1) is 0 Å². The third-order valence-electron chi connectivity index (χ3n) is 2.80. The van der Waals surface area contributed by atoms with Crippen LogP contribution in [0.1, 0.15) is 32.1 Å². The van der Waals surface area contributed by atoms with E-state index in [0.29, 0.717) is 32.7 Å². The molecule has 0 heterocycles. The Balaban J connectivity index is 3.67. The van der Waals surface area contributed by atoms with E-state index in [-0.39, 0.29) is 12.5 Å². The Morgan fingerprint density at radius 3 is 2.60 bits per heavy atom. The van der Waals surface area contributed by atoms with Crippen molar-refractivity contribution in [1.29, 1.82) is 0 Å². The van der Waals surface area contributed by atoms with E-state index in [0.717, 1.165) is 19.3 Å². The van der Waals surface area contributed by atoms with Gasteiger partial charge in [0.25, 0.3) is 0 Å². The number of aliphatic carboxylic acids is 1. The van der Waals surface area contributed by atoms with Gasteiger partial charge in [-0.1, -0.05) is 18.9 Å². The lowest BCUT2D eigenvalue weighted by Crippen LogP contribution is -2.42. The quantitative estimate of drug-likeness (QED) is 0.424. The van der Waals surface area contributed by atoms with Crippen LogP contribution in [0.5, 0.6) is 0 Å². The summed E-state index contributed by atoms with van der Waals surface area (Å²) in [5, 5.41) is 11.3. The number of amides is 2. The summed E-state index contributed by atoms with van der Waals surface area (Å²) < 4.78 is 4.95. The molecule has 0 saturated heterocycles. The molecule has 6 heteroatoms. The lowest BCUT2D eigenvalue weighted by molar-refractivity contribution is -0.137. The fraction of sp³-hybridized carbons (Fsp3) is 0.714. The number of carbonyl (C=O) groups excluding carboxylic acids is 1. The predicted molar refractivity (Wildman–Crippen MR) is 77.8 cm³/mol. The predicted octanol–water partition coefficient (Wildman–Crippen LogP) is 1.87. The molecule has 0 radical (unpaired) electrons. The van der Waals surface area contributed by atoms with Crippen LogP contribution in [0.15, 0.2) is 12.7 Å². The minimum atomic E-state index is -0.753. The number of rotatable bonds is 12. The molecule has 0 aromatic rings. The Morgan fingerprint density at radius 1 is 1.30 bits per heavy atom. The van der Waals surface area contributed by atoms with E-state index in [4.69, 9.17) is 9.84 Å². The highest BCUT2D eigenvalue weighted by molar-refractivity contribution is 5.74. The molecule has 0 unspecified atom stereocenters. The molecular weight excluding hydrogens is 260 g/mol. The fourth-order valence-electron chi connectivity index (χ4n) is 1.69. The van der Waals surface area contributed by atoms with Crippen molar-refractivity contribution in [2.24, 2.45) is 0 Å². The number of methoxy groups -OCH3 is 1. The summed E-state index contributed by atoms with van der Waals surface area (Å²) in [6.07, 6.45) is 5.25. The van der Waals surface area contributed by atoms with Gasteiger partial charge in [-0.15, -0.1) is 6.58 Å². The molecular formula is C14H26N2O4.